The molecule has 0 bridgehead atoms. The van der Waals surface area contributed by atoms with E-state index in [4.69, 9.17) is 5.11 Å². The van der Waals surface area contributed by atoms with Crippen LogP contribution in [-0.4, -0.2) is 32.2 Å². The van der Waals surface area contributed by atoms with Gasteiger partial charge >= 0.3 is 12.3 Å². The Kier molecular flexibility index (Phi) is 2.80. The molecule has 5 nitrogen and oxygen atoms in total. The molecule has 0 fully saturated rings. The third-order valence-electron chi connectivity index (χ3n) is 2.50. The summed E-state index contributed by atoms with van der Waals surface area (Å²) < 4.78 is 39.4. The van der Waals surface area contributed by atoms with Crippen LogP contribution in [0.1, 0.15) is 11.4 Å². The van der Waals surface area contributed by atoms with Crippen molar-refractivity contribution >= 4 is 22.0 Å². The Bertz CT molecular complexity index is 471. The number of carboxylic acid groups (broad SMARTS) is 1. The highest BCUT2D eigenvalue weighted by molar-refractivity contribution is 9.10. The molecule has 0 unspecified atom stereocenters. The highest BCUT2D eigenvalue weighted by Crippen LogP contribution is 2.34. The molecule has 1 aliphatic heterocycles. The van der Waals surface area contributed by atoms with Crippen molar-refractivity contribution in [3.63, 3.8) is 0 Å². The maximum absolute atomic E-state index is 12.7. The van der Waals surface area contributed by atoms with Crippen molar-refractivity contribution in [2.75, 3.05) is 6.54 Å². The molecule has 94 valence electrons. The van der Waals surface area contributed by atoms with Crippen molar-refractivity contribution in [1.82, 2.24) is 14.5 Å². The van der Waals surface area contributed by atoms with Gasteiger partial charge in [0.1, 0.15) is 0 Å². The van der Waals surface area contributed by atoms with Gasteiger partial charge in [-0.15, -0.1) is 0 Å². The van der Waals surface area contributed by atoms with Gasteiger partial charge in [0.25, 0.3) is 0 Å². The number of amides is 1. The van der Waals surface area contributed by atoms with Crippen LogP contribution in [0.5, 0.6) is 0 Å². The summed E-state index contributed by atoms with van der Waals surface area (Å²) in [5, 5.41) is 8.77. The third kappa shape index (κ3) is 2.11. The summed E-state index contributed by atoms with van der Waals surface area (Å²) in [6, 6.07) is 0. The number of rotatable bonds is 0. The van der Waals surface area contributed by atoms with Gasteiger partial charge < -0.3 is 14.6 Å². The molecule has 1 N–H and O–H groups in total. The predicted molar refractivity (Wildman–Crippen MR) is 53.4 cm³/mol. The van der Waals surface area contributed by atoms with Crippen molar-refractivity contribution in [1.29, 1.82) is 0 Å². The minimum Gasteiger partial charge on any atom is -0.465 e. The molecular formula is C8H7BrF3N3O2. The normalized spacial score (nSPS) is 15.9. The van der Waals surface area contributed by atoms with E-state index in [9.17, 15) is 18.0 Å². The molecule has 0 aromatic carbocycles. The first-order valence-corrected chi connectivity index (χ1v) is 5.40. The largest absolute Gasteiger partial charge is 0.465 e. The van der Waals surface area contributed by atoms with E-state index < -0.39 is 18.0 Å². The molecule has 0 aliphatic carbocycles. The summed E-state index contributed by atoms with van der Waals surface area (Å²) in [6.45, 7) is 0.00264. The quantitative estimate of drug-likeness (QED) is 0.798. The number of halogens is 4. The molecular weight excluding hydrogens is 307 g/mol. The van der Waals surface area contributed by atoms with Crippen molar-refractivity contribution in [2.45, 2.75) is 19.3 Å². The number of aromatic nitrogens is 2. The van der Waals surface area contributed by atoms with Crippen LogP contribution < -0.4 is 0 Å². The first-order chi connectivity index (χ1) is 7.80. The van der Waals surface area contributed by atoms with Crippen LogP contribution in [0.2, 0.25) is 0 Å². The smallest absolute Gasteiger partial charge is 0.435 e. The Labute approximate surface area is 102 Å². The maximum atomic E-state index is 12.7. The summed E-state index contributed by atoms with van der Waals surface area (Å²) in [4.78, 5) is 15.1. The minimum absolute atomic E-state index is 0.0739. The standard InChI is InChI=1S/C8H7BrF3N3O2/c9-6-13-5(8(10,11)12)4-3-14(7(16)17)1-2-15(4)6/h1-3H2,(H,16,17). The van der Waals surface area contributed by atoms with Crippen molar-refractivity contribution < 1.29 is 23.1 Å². The lowest BCUT2D eigenvalue weighted by atomic mass is 10.2. The van der Waals surface area contributed by atoms with Crippen molar-refractivity contribution in [2.24, 2.45) is 0 Å². The van der Waals surface area contributed by atoms with Gasteiger partial charge in [0.15, 0.2) is 10.4 Å². The van der Waals surface area contributed by atoms with Gasteiger partial charge in [0.05, 0.1) is 12.2 Å². The molecule has 1 aliphatic rings. The lowest BCUT2D eigenvalue weighted by molar-refractivity contribution is -0.142. The van der Waals surface area contributed by atoms with E-state index in [2.05, 4.69) is 20.9 Å². The molecule has 1 aromatic heterocycles. The van der Waals surface area contributed by atoms with E-state index in [1.54, 1.807) is 0 Å². The minimum atomic E-state index is -4.58. The molecule has 0 radical (unpaired) electrons. The average Bonchev–Trinajstić information content (AvgIpc) is 2.55. The fourth-order valence-electron chi connectivity index (χ4n) is 1.71. The summed E-state index contributed by atoms with van der Waals surface area (Å²) in [5.41, 5.74) is -1.16. The molecule has 2 rings (SSSR count). The molecule has 2 heterocycles. The molecule has 0 saturated heterocycles. The van der Waals surface area contributed by atoms with Gasteiger partial charge in [-0.3, -0.25) is 0 Å². The second-order valence-corrected chi connectivity index (χ2v) is 4.24. The molecule has 17 heavy (non-hydrogen) atoms. The number of nitrogens with zero attached hydrogens (tertiary/aromatic N) is 3. The van der Waals surface area contributed by atoms with E-state index in [-0.39, 0.29) is 30.1 Å². The zero-order chi connectivity index (χ0) is 12.8. The SMILES string of the molecule is O=C(O)N1CCn2c(Br)nc(C(F)(F)F)c2C1. The summed E-state index contributed by atoms with van der Waals surface area (Å²) in [7, 11) is 0. The molecule has 1 aromatic rings. The monoisotopic (exact) mass is 313 g/mol. The highest BCUT2D eigenvalue weighted by atomic mass is 79.9. The van der Waals surface area contributed by atoms with E-state index in [0.717, 1.165) is 4.90 Å². The number of hydrogen-bond donors (Lipinski definition) is 1. The first-order valence-electron chi connectivity index (χ1n) is 4.60. The average molecular weight is 314 g/mol. The Balaban J connectivity index is 2.44. The molecule has 1 amide bonds. The first kappa shape index (κ1) is 12.2. The topological polar surface area (TPSA) is 58.4 Å². The second kappa shape index (κ2) is 3.90. The Hall–Kier alpha value is -1.25. The van der Waals surface area contributed by atoms with Gasteiger partial charge in [0.2, 0.25) is 0 Å². The van der Waals surface area contributed by atoms with Crippen LogP contribution in [0, 0.1) is 0 Å². The number of imidazole rings is 1. The second-order valence-electron chi connectivity index (χ2n) is 3.53. The zero-order valence-corrected chi connectivity index (χ0v) is 9.92. The number of fused-ring (bicyclic) bond motifs is 1. The van der Waals surface area contributed by atoms with Crippen LogP contribution in [0.25, 0.3) is 0 Å². The van der Waals surface area contributed by atoms with Gasteiger partial charge in [-0.25, -0.2) is 9.78 Å². The maximum Gasteiger partial charge on any atom is 0.435 e. The summed E-state index contributed by atoms with van der Waals surface area (Å²) in [6.07, 6.45) is -5.81. The van der Waals surface area contributed by atoms with Crippen molar-refractivity contribution in [3.8, 4) is 0 Å². The van der Waals surface area contributed by atoms with E-state index in [1.165, 1.54) is 4.57 Å². The van der Waals surface area contributed by atoms with Gasteiger partial charge in [-0.05, 0) is 15.9 Å². The molecule has 0 atom stereocenters. The zero-order valence-electron chi connectivity index (χ0n) is 8.33. The number of hydrogen-bond acceptors (Lipinski definition) is 2. The predicted octanol–water partition coefficient (Wildman–Crippen LogP) is 2.16. The molecule has 0 spiro atoms. The molecule has 0 saturated carbocycles. The van der Waals surface area contributed by atoms with Crippen LogP contribution in [-0.2, 0) is 19.3 Å². The van der Waals surface area contributed by atoms with E-state index >= 15 is 0 Å². The van der Waals surface area contributed by atoms with Crippen LogP contribution in [0.3, 0.4) is 0 Å². The highest BCUT2D eigenvalue weighted by Gasteiger charge is 2.40. The van der Waals surface area contributed by atoms with Crippen molar-refractivity contribution in [3.05, 3.63) is 16.1 Å². The lowest BCUT2D eigenvalue weighted by Crippen LogP contribution is -2.38. The summed E-state index contributed by atoms with van der Waals surface area (Å²) in [5.74, 6) is 0. The Morgan fingerprint density at radius 1 is 1.41 bits per heavy atom. The number of carbonyl (C=O) groups is 1. The fourth-order valence-corrected chi connectivity index (χ4v) is 2.28. The summed E-state index contributed by atoms with van der Waals surface area (Å²) >= 11 is 2.94. The van der Waals surface area contributed by atoms with Gasteiger partial charge in [-0.2, -0.15) is 13.2 Å². The lowest BCUT2D eigenvalue weighted by Gasteiger charge is -2.26. The van der Waals surface area contributed by atoms with E-state index in [1.807, 2.05) is 0 Å². The van der Waals surface area contributed by atoms with Gasteiger partial charge in [-0.1, -0.05) is 0 Å². The molecule has 9 heteroatoms. The van der Waals surface area contributed by atoms with E-state index in [0.29, 0.717) is 0 Å². The van der Waals surface area contributed by atoms with Crippen LogP contribution >= 0.6 is 15.9 Å². The Morgan fingerprint density at radius 2 is 2.06 bits per heavy atom. The van der Waals surface area contributed by atoms with Crippen LogP contribution in [0.15, 0.2) is 4.73 Å². The Morgan fingerprint density at radius 3 is 2.59 bits per heavy atom. The third-order valence-corrected chi connectivity index (χ3v) is 3.10. The van der Waals surface area contributed by atoms with Crippen LogP contribution in [0.4, 0.5) is 18.0 Å². The fraction of sp³-hybridized carbons (Fsp3) is 0.500. The van der Waals surface area contributed by atoms with Gasteiger partial charge in [0, 0.05) is 13.1 Å². The number of alkyl halides is 3.